The summed E-state index contributed by atoms with van der Waals surface area (Å²) in [6.07, 6.45) is 1.97. The van der Waals surface area contributed by atoms with E-state index in [4.69, 9.17) is 4.74 Å². The van der Waals surface area contributed by atoms with Crippen molar-refractivity contribution in [2.75, 3.05) is 23.7 Å². The average Bonchev–Trinajstić information content (AvgIpc) is 2.83. The van der Waals surface area contributed by atoms with Gasteiger partial charge in [0.2, 0.25) is 15.9 Å². The Labute approximate surface area is 200 Å². The van der Waals surface area contributed by atoms with E-state index >= 15 is 0 Å². The Morgan fingerprint density at radius 3 is 2.62 bits per heavy atom. The Bertz CT molecular complexity index is 1190. The third-order valence-corrected chi connectivity index (χ3v) is 8.48. The topological polar surface area (TPSA) is 105 Å². The van der Waals surface area contributed by atoms with Crippen molar-refractivity contribution in [2.45, 2.75) is 57.5 Å². The molecule has 0 spiro atoms. The molecule has 2 aromatic carbocycles. The molecule has 2 aliphatic heterocycles. The molecule has 2 N–H and O–H groups in total. The second-order valence-electron chi connectivity index (χ2n) is 8.86. The van der Waals surface area contributed by atoms with Crippen LogP contribution in [-0.2, 0) is 26.0 Å². The molecule has 9 heteroatoms. The second kappa shape index (κ2) is 9.76. The molecule has 8 nitrogen and oxygen atoms in total. The summed E-state index contributed by atoms with van der Waals surface area (Å²) in [5, 5.41) is 5.71. The van der Waals surface area contributed by atoms with E-state index in [9.17, 15) is 18.0 Å². The number of amides is 2. The molecule has 2 atom stereocenters. The van der Waals surface area contributed by atoms with Crippen molar-refractivity contribution in [3.05, 3.63) is 47.5 Å². The van der Waals surface area contributed by atoms with Crippen molar-refractivity contribution in [1.29, 1.82) is 0 Å². The lowest BCUT2D eigenvalue weighted by Gasteiger charge is -2.32. The lowest BCUT2D eigenvalue weighted by atomic mass is 9.98. The van der Waals surface area contributed by atoms with Crippen LogP contribution >= 0.6 is 0 Å². The first-order valence-electron chi connectivity index (χ1n) is 11.7. The minimum Gasteiger partial charge on any atom is -0.478 e. The summed E-state index contributed by atoms with van der Waals surface area (Å²) in [5.41, 5.74) is 2.87. The lowest BCUT2D eigenvalue weighted by molar-refractivity contribution is -0.123. The van der Waals surface area contributed by atoms with Gasteiger partial charge in [-0.15, -0.1) is 0 Å². The molecule has 182 valence electrons. The fourth-order valence-electron chi connectivity index (χ4n) is 4.41. The zero-order chi connectivity index (χ0) is 24.5. The summed E-state index contributed by atoms with van der Waals surface area (Å²) in [6, 6.07) is 10.8. The van der Waals surface area contributed by atoms with Crippen LogP contribution < -0.4 is 15.4 Å². The minimum atomic E-state index is -3.85. The normalized spacial score (nSPS) is 20.7. The molecule has 2 heterocycles. The Balaban J connectivity index is 1.52. The first kappa shape index (κ1) is 24.2. The van der Waals surface area contributed by atoms with E-state index in [0.717, 1.165) is 6.42 Å². The van der Waals surface area contributed by atoms with Gasteiger partial charge in [-0.2, -0.15) is 4.31 Å². The Kier molecular flexibility index (Phi) is 6.95. The highest BCUT2D eigenvalue weighted by atomic mass is 32.2. The van der Waals surface area contributed by atoms with E-state index in [2.05, 4.69) is 17.6 Å². The van der Waals surface area contributed by atoms with Crippen LogP contribution in [0.4, 0.5) is 11.4 Å². The number of hydrogen-bond donors (Lipinski definition) is 2. The Morgan fingerprint density at radius 1 is 1.21 bits per heavy atom. The van der Waals surface area contributed by atoms with Gasteiger partial charge in [-0.05, 0) is 61.9 Å². The standard InChI is InChI=1S/C25H31N3O5S/c1-4-17-8-10-19(11-9-17)26-24(29)18-7-6-12-28(15-18)34(31,32)23-14-22-20(13-16(23)3)27-25(30)21(5-2)33-22/h8-11,13-14,18,21H,4-7,12,15H2,1-3H3,(H,26,29)(H,27,30)/t18-,21-/m1/s1. The van der Waals surface area contributed by atoms with Gasteiger partial charge < -0.3 is 15.4 Å². The van der Waals surface area contributed by atoms with Gasteiger partial charge >= 0.3 is 0 Å². The number of fused-ring (bicyclic) bond motifs is 1. The van der Waals surface area contributed by atoms with Crippen LogP contribution in [0.25, 0.3) is 0 Å². The van der Waals surface area contributed by atoms with Gasteiger partial charge in [-0.3, -0.25) is 9.59 Å². The third-order valence-electron chi connectivity index (χ3n) is 6.47. The second-order valence-corrected chi connectivity index (χ2v) is 10.8. The summed E-state index contributed by atoms with van der Waals surface area (Å²) in [6.45, 7) is 6.06. The summed E-state index contributed by atoms with van der Waals surface area (Å²) in [4.78, 5) is 25.1. The molecule has 2 amide bonds. The van der Waals surface area contributed by atoms with E-state index < -0.39 is 22.0 Å². The van der Waals surface area contributed by atoms with Crippen LogP contribution in [0.1, 0.15) is 44.2 Å². The van der Waals surface area contributed by atoms with Crippen LogP contribution in [-0.4, -0.2) is 43.7 Å². The fourth-order valence-corrected chi connectivity index (χ4v) is 6.16. The van der Waals surface area contributed by atoms with Crippen LogP contribution in [0.2, 0.25) is 0 Å². The van der Waals surface area contributed by atoms with Gasteiger partial charge in [0.15, 0.2) is 6.10 Å². The summed E-state index contributed by atoms with van der Waals surface area (Å²) in [7, 11) is -3.85. The molecule has 1 fully saturated rings. The number of ether oxygens (including phenoxy) is 1. The van der Waals surface area contributed by atoms with Crippen LogP contribution in [0.3, 0.4) is 0 Å². The first-order valence-corrected chi connectivity index (χ1v) is 13.2. The molecule has 34 heavy (non-hydrogen) atoms. The number of aryl methyl sites for hydroxylation is 2. The summed E-state index contributed by atoms with van der Waals surface area (Å²) in [5.74, 6) is -0.507. The van der Waals surface area contributed by atoms with Crippen LogP contribution in [0.15, 0.2) is 41.3 Å². The highest BCUT2D eigenvalue weighted by Gasteiger charge is 2.36. The van der Waals surface area contributed by atoms with E-state index in [1.807, 2.05) is 31.2 Å². The number of hydrogen-bond acceptors (Lipinski definition) is 5. The highest BCUT2D eigenvalue weighted by Crippen LogP contribution is 2.36. The lowest BCUT2D eigenvalue weighted by Crippen LogP contribution is -2.44. The largest absolute Gasteiger partial charge is 0.478 e. The summed E-state index contributed by atoms with van der Waals surface area (Å²) >= 11 is 0. The van der Waals surface area contributed by atoms with Gasteiger partial charge in [0.25, 0.3) is 5.91 Å². The van der Waals surface area contributed by atoms with Crippen molar-refractivity contribution in [1.82, 2.24) is 4.31 Å². The van der Waals surface area contributed by atoms with E-state index in [1.165, 1.54) is 15.9 Å². The average molecular weight is 486 g/mol. The molecule has 0 radical (unpaired) electrons. The number of piperidine rings is 1. The number of carbonyl (C=O) groups is 2. The number of anilines is 2. The van der Waals surface area contributed by atoms with Crippen molar-refractivity contribution in [2.24, 2.45) is 5.92 Å². The van der Waals surface area contributed by atoms with E-state index in [1.54, 1.807) is 13.0 Å². The van der Waals surface area contributed by atoms with Gasteiger partial charge in [-0.25, -0.2) is 8.42 Å². The number of benzene rings is 2. The summed E-state index contributed by atoms with van der Waals surface area (Å²) < 4.78 is 34.3. The van der Waals surface area contributed by atoms with Crippen LogP contribution in [0.5, 0.6) is 5.75 Å². The van der Waals surface area contributed by atoms with E-state index in [-0.39, 0.29) is 23.3 Å². The van der Waals surface area contributed by atoms with Gasteiger partial charge in [0.05, 0.1) is 16.5 Å². The molecule has 0 unspecified atom stereocenters. The molecule has 0 aromatic heterocycles. The maximum Gasteiger partial charge on any atom is 0.265 e. The van der Waals surface area contributed by atoms with E-state index in [0.29, 0.717) is 48.5 Å². The zero-order valence-corrected chi connectivity index (χ0v) is 20.6. The molecule has 2 aliphatic rings. The number of rotatable bonds is 6. The molecule has 2 aromatic rings. The minimum absolute atomic E-state index is 0.118. The highest BCUT2D eigenvalue weighted by molar-refractivity contribution is 7.89. The first-order chi connectivity index (χ1) is 16.2. The SMILES string of the molecule is CCc1ccc(NC(=O)[C@@H]2CCCN(S(=O)(=O)c3cc4c(cc3C)NC(=O)[C@@H](CC)O4)C2)cc1. The molecule has 4 rings (SSSR count). The fraction of sp³-hybridized carbons (Fsp3) is 0.440. The Morgan fingerprint density at radius 2 is 1.94 bits per heavy atom. The third kappa shape index (κ3) is 4.81. The van der Waals surface area contributed by atoms with Crippen molar-refractivity contribution < 1.29 is 22.7 Å². The number of sulfonamides is 1. The molecule has 0 saturated carbocycles. The number of nitrogens with zero attached hydrogens (tertiary/aromatic N) is 1. The molecule has 0 bridgehead atoms. The zero-order valence-electron chi connectivity index (χ0n) is 19.8. The number of carbonyl (C=O) groups excluding carboxylic acids is 2. The van der Waals surface area contributed by atoms with Gasteiger partial charge in [0, 0.05) is 24.8 Å². The van der Waals surface area contributed by atoms with Crippen molar-refractivity contribution in [3.8, 4) is 5.75 Å². The number of nitrogens with one attached hydrogen (secondary N) is 2. The maximum absolute atomic E-state index is 13.6. The molecule has 0 aliphatic carbocycles. The monoisotopic (exact) mass is 485 g/mol. The predicted octanol–water partition coefficient (Wildman–Crippen LogP) is 3.71. The smallest absolute Gasteiger partial charge is 0.265 e. The molecular weight excluding hydrogens is 454 g/mol. The van der Waals surface area contributed by atoms with Crippen molar-refractivity contribution >= 4 is 33.2 Å². The quantitative estimate of drug-likeness (QED) is 0.649. The van der Waals surface area contributed by atoms with Crippen LogP contribution in [0, 0.1) is 12.8 Å². The van der Waals surface area contributed by atoms with Gasteiger partial charge in [0.1, 0.15) is 5.75 Å². The van der Waals surface area contributed by atoms with Gasteiger partial charge in [-0.1, -0.05) is 26.0 Å². The van der Waals surface area contributed by atoms with Crippen molar-refractivity contribution in [3.63, 3.8) is 0 Å². The molecule has 1 saturated heterocycles. The Hall–Kier alpha value is -2.91. The molecular formula is C25H31N3O5S. The predicted molar refractivity (Wildman–Crippen MR) is 130 cm³/mol. The maximum atomic E-state index is 13.6.